The normalized spacial score (nSPS) is 26.9. The number of hydrogen-bond donors (Lipinski definition) is 2. The molecule has 2 rings (SSSR count). The van der Waals surface area contributed by atoms with E-state index in [1.807, 2.05) is 0 Å². The molecule has 1 aliphatic rings. The van der Waals surface area contributed by atoms with E-state index in [9.17, 15) is 4.79 Å². The van der Waals surface area contributed by atoms with Crippen molar-refractivity contribution in [2.75, 3.05) is 5.73 Å². The summed E-state index contributed by atoms with van der Waals surface area (Å²) in [6, 6.07) is 5.11. The van der Waals surface area contributed by atoms with Gasteiger partial charge in [0.05, 0.1) is 17.4 Å². The molecule has 4 nitrogen and oxygen atoms in total. The number of hydrogen-bond acceptors (Lipinski definition) is 3. The Morgan fingerprint density at radius 3 is 2.42 bits per heavy atom. The van der Waals surface area contributed by atoms with Gasteiger partial charge in [-0.25, -0.2) is 0 Å². The molecule has 2 unspecified atom stereocenters. The van der Waals surface area contributed by atoms with Crippen LogP contribution in [0.2, 0.25) is 0 Å². The lowest BCUT2D eigenvalue weighted by atomic mass is 9.82. The molecule has 0 aromatic heterocycles. The van der Waals surface area contributed by atoms with Crippen LogP contribution in [0, 0.1) is 11.8 Å². The molecular formula is C15H22N2O2. The maximum Gasteiger partial charge on any atom is 0.252 e. The monoisotopic (exact) mass is 262 g/mol. The van der Waals surface area contributed by atoms with Gasteiger partial charge in [-0.1, -0.05) is 19.9 Å². The molecular weight excluding hydrogens is 240 g/mol. The van der Waals surface area contributed by atoms with Crippen LogP contribution in [-0.4, -0.2) is 12.0 Å². The molecule has 0 bridgehead atoms. The number of ether oxygens (including phenoxy) is 1. The van der Waals surface area contributed by atoms with Gasteiger partial charge in [-0.05, 0) is 43.2 Å². The summed E-state index contributed by atoms with van der Waals surface area (Å²) in [7, 11) is 0. The minimum absolute atomic E-state index is 0.113. The predicted molar refractivity (Wildman–Crippen MR) is 76.0 cm³/mol. The largest absolute Gasteiger partial charge is 0.487 e. The molecule has 4 N–H and O–H groups in total. The van der Waals surface area contributed by atoms with Crippen molar-refractivity contribution in [3.63, 3.8) is 0 Å². The highest BCUT2D eigenvalue weighted by Crippen LogP contribution is 2.34. The molecule has 19 heavy (non-hydrogen) atoms. The van der Waals surface area contributed by atoms with Gasteiger partial charge in [0.25, 0.3) is 5.91 Å². The van der Waals surface area contributed by atoms with Gasteiger partial charge in [0, 0.05) is 0 Å². The third-order valence-corrected chi connectivity index (χ3v) is 3.73. The zero-order valence-corrected chi connectivity index (χ0v) is 11.6. The summed E-state index contributed by atoms with van der Waals surface area (Å²) in [5.41, 5.74) is 12.1. The lowest BCUT2D eigenvalue weighted by Crippen LogP contribution is -2.29. The minimum Gasteiger partial charge on any atom is -0.487 e. The van der Waals surface area contributed by atoms with Crippen LogP contribution in [0.3, 0.4) is 0 Å². The smallest absolute Gasteiger partial charge is 0.252 e. The fourth-order valence-corrected chi connectivity index (χ4v) is 3.02. The zero-order chi connectivity index (χ0) is 14.0. The molecule has 0 radical (unpaired) electrons. The molecule has 1 aliphatic carbocycles. The number of benzene rings is 1. The molecule has 0 spiro atoms. The predicted octanol–water partition coefficient (Wildman–Crippen LogP) is 2.57. The molecule has 1 aromatic rings. The van der Waals surface area contributed by atoms with Gasteiger partial charge in [-0.15, -0.1) is 0 Å². The van der Waals surface area contributed by atoms with Crippen molar-refractivity contribution in [3.05, 3.63) is 23.8 Å². The van der Waals surface area contributed by atoms with Crippen LogP contribution in [0.15, 0.2) is 18.2 Å². The topological polar surface area (TPSA) is 78.3 Å². The number of amides is 1. The molecule has 104 valence electrons. The van der Waals surface area contributed by atoms with E-state index in [1.54, 1.807) is 18.2 Å². The van der Waals surface area contributed by atoms with Gasteiger partial charge in [-0.2, -0.15) is 0 Å². The van der Waals surface area contributed by atoms with Crippen LogP contribution in [0.4, 0.5) is 5.69 Å². The van der Waals surface area contributed by atoms with E-state index in [-0.39, 0.29) is 6.10 Å². The van der Waals surface area contributed by atoms with Crippen molar-refractivity contribution in [1.82, 2.24) is 0 Å². The van der Waals surface area contributed by atoms with E-state index < -0.39 is 5.91 Å². The average Bonchev–Trinajstić information content (AvgIpc) is 2.30. The van der Waals surface area contributed by atoms with Crippen molar-refractivity contribution >= 4 is 11.6 Å². The minimum atomic E-state index is -0.501. The number of carbonyl (C=O) groups excluding carboxylic acids is 1. The Hall–Kier alpha value is -1.71. The number of nitrogen functional groups attached to an aromatic ring is 1. The van der Waals surface area contributed by atoms with Gasteiger partial charge >= 0.3 is 0 Å². The van der Waals surface area contributed by atoms with Crippen LogP contribution >= 0.6 is 0 Å². The first-order valence-electron chi connectivity index (χ1n) is 6.82. The summed E-state index contributed by atoms with van der Waals surface area (Å²) >= 11 is 0. The lowest BCUT2D eigenvalue weighted by Gasteiger charge is -2.32. The molecule has 1 aromatic carbocycles. The Labute approximate surface area is 114 Å². The van der Waals surface area contributed by atoms with Gasteiger partial charge in [-0.3, -0.25) is 4.79 Å². The molecule has 0 aliphatic heterocycles. The van der Waals surface area contributed by atoms with E-state index >= 15 is 0 Å². The first-order chi connectivity index (χ1) is 8.97. The van der Waals surface area contributed by atoms with Crippen molar-refractivity contribution in [1.29, 1.82) is 0 Å². The van der Waals surface area contributed by atoms with Crippen LogP contribution < -0.4 is 16.2 Å². The first kappa shape index (κ1) is 13.7. The van der Waals surface area contributed by atoms with Crippen LogP contribution in [0.5, 0.6) is 5.75 Å². The quantitative estimate of drug-likeness (QED) is 0.822. The van der Waals surface area contributed by atoms with E-state index in [1.165, 1.54) is 6.42 Å². The van der Waals surface area contributed by atoms with E-state index in [4.69, 9.17) is 16.2 Å². The second-order valence-corrected chi connectivity index (χ2v) is 5.75. The summed E-state index contributed by atoms with van der Waals surface area (Å²) < 4.78 is 5.99. The fourth-order valence-electron chi connectivity index (χ4n) is 3.02. The Morgan fingerprint density at radius 1 is 1.21 bits per heavy atom. The molecule has 1 fully saturated rings. The number of rotatable bonds is 3. The highest BCUT2D eigenvalue weighted by Gasteiger charge is 2.26. The third kappa shape index (κ3) is 3.19. The van der Waals surface area contributed by atoms with E-state index in [0.717, 1.165) is 12.8 Å². The standard InChI is InChI=1S/C15H22N2O2/c1-9-6-10(2)8-11(7-9)19-14-12(15(17)18)4-3-5-13(14)16/h3-5,9-11H,6-8,16H2,1-2H3,(H2,17,18). The summed E-state index contributed by atoms with van der Waals surface area (Å²) in [6.45, 7) is 4.46. The number of anilines is 1. The number of nitrogens with two attached hydrogens (primary N) is 2. The van der Waals surface area contributed by atoms with Gasteiger partial charge in [0.1, 0.15) is 0 Å². The molecule has 1 amide bonds. The third-order valence-electron chi connectivity index (χ3n) is 3.73. The van der Waals surface area contributed by atoms with Crippen LogP contribution in [0.1, 0.15) is 43.5 Å². The highest BCUT2D eigenvalue weighted by molar-refractivity contribution is 5.97. The zero-order valence-electron chi connectivity index (χ0n) is 11.6. The van der Waals surface area contributed by atoms with Crippen molar-refractivity contribution in [2.24, 2.45) is 17.6 Å². The average molecular weight is 262 g/mol. The highest BCUT2D eigenvalue weighted by atomic mass is 16.5. The van der Waals surface area contributed by atoms with Gasteiger partial charge in [0.15, 0.2) is 5.75 Å². The SMILES string of the molecule is CC1CC(C)CC(Oc2c(N)cccc2C(N)=O)C1. The van der Waals surface area contributed by atoms with E-state index in [0.29, 0.717) is 28.8 Å². The van der Waals surface area contributed by atoms with Crippen LogP contribution in [0.25, 0.3) is 0 Å². The maximum atomic E-state index is 11.4. The summed E-state index contributed by atoms with van der Waals surface area (Å²) in [4.78, 5) is 11.4. The van der Waals surface area contributed by atoms with E-state index in [2.05, 4.69) is 13.8 Å². The fraction of sp³-hybridized carbons (Fsp3) is 0.533. The number of para-hydroxylation sites is 1. The van der Waals surface area contributed by atoms with Gasteiger partial charge in [0.2, 0.25) is 0 Å². The Bertz CT molecular complexity index is 463. The molecule has 0 heterocycles. The molecule has 2 atom stereocenters. The number of carbonyl (C=O) groups is 1. The van der Waals surface area contributed by atoms with Gasteiger partial charge < -0.3 is 16.2 Å². The Kier molecular flexibility index (Phi) is 3.98. The maximum absolute atomic E-state index is 11.4. The molecule has 4 heteroatoms. The second kappa shape index (κ2) is 5.51. The van der Waals surface area contributed by atoms with Crippen molar-refractivity contribution < 1.29 is 9.53 Å². The summed E-state index contributed by atoms with van der Waals surface area (Å²) in [5.74, 6) is 1.21. The second-order valence-electron chi connectivity index (χ2n) is 5.75. The van der Waals surface area contributed by atoms with Crippen molar-refractivity contribution in [3.8, 4) is 5.75 Å². The Balaban J connectivity index is 2.21. The molecule has 0 saturated heterocycles. The first-order valence-corrected chi connectivity index (χ1v) is 6.82. The lowest BCUT2D eigenvalue weighted by molar-refractivity contribution is 0.0938. The summed E-state index contributed by atoms with van der Waals surface area (Å²) in [5, 5.41) is 0. The van der Waals surface area contributed by atoms with Crippen molar-refractivity contribution in [2.45, 2.75) is 39.2 Å². The van der Waals surface area contributed by atoms with Crippen LogP contribution in [-0.2, 0) is 0 Å². The Morgan fingerprint density at radius 2 is 1.84 bits per heavy atom. The summed E-state index contributed by atoms with van der Waals surface area (Å²) in [6.07, 6.45) is 3.34. The molecule has 1 saturated carbocycles. The number of primary amides is 1.